The minimum Gasteiger partial charge on any atom is -0.747 e. The van der Waals surface area contributed by atoms with Gasteiger partial charge in [0.1, 0.15) is 10.1 Å². The third kappa shape index (κ3) is 10.5. The quantitative estimate of drug-likeness (QED) is 0.151. The van der Waals surface area contributed by atoms with E-state index >= 15 is 0 Å². The maximum atomic E-state index is 12.1. The zero-order valence-corrected chi connectivity index (χ0v) is 25.7. The van der Waals surface area contributed by atoms with Crippen LogP contribution in [0.1, 0.15) is 123 Å². The molecule has 2 rings (SSSR count). The van der Waals surface area contributed by atoms with E-state index in [1.54, 1.807) is 13.0 Å². The topological polar surface area (TPSA) is 57.2 Å². The fourth-order valence-corrected chi connectivity index (χ4v) is 5.93. The minimum absolute atomic E-state index is 0. The molecular weight excluding hydrogens is 463 g/mol. The van der Waals surface area contributed by atoms with Crippen LogP contribution in [0.25, 0.3) is 5.57 Å². The molecule has 0 fully saturated rings. The van der Waals surface area contributed by atoms with Gasteiger partial charge in [-0.25, -0.2) is 8.42 Å². The molecule has 2 atom stereocenters. The van der Waals surface area contributed by atoms with Gasteiger partial charge in [-0.15, -0.1) is 0 Å². The Bertz CT molecular complexity index is 876. The Morgan fingerprint density at radius 2 is 1.26 bits per heavy atom. The van der Waals surface area contributed by atoms with Crippen molar-refractivity contribution in [1.29, 1.82) is 0 Å². The molecule has 0 bridgehead atoms. The number of allylic oxidation sites excluding steroid dienone is 3. The van der Waals surface area contributed by atoms with Crippen molar-refractivity contribution in [2.24, 2.45) is 5.92 Å². The van der Waals surface area contributed by atoms with Gasteiger partial charge in [-0.05, 0) is 36.5 Å². The molecule has 0 heterocycles. The van der Waals surface area contributed by atoms with E-state index < -0.39 is 14.9 Å². The summed E-state index contributed by atoms with van der Waals surface area (Å²) in [7, 11) is -4.46. The van der Waals surface area contributed by atoms with Gasteiger partial charge in [0.25, 0.3) is 0 Å². The first-order valence-corrected chi connectivity index (χ1v) is 15.1. The van der Waals surface area contributed by atoms with Gasteiger partial charge in [-0.1, -0.05) is 140 Å². The van der Waals surface area contributed by atoms with Crippen LogP contribution in [0.4, 0.5) is 0 Å². The summed E-state index contributed by atoms with van der Waals surface area (Å²) in [6.45, 7) is 5.71. The van der Waals surface area contributed by atoms with Gasteiger partial charge in [0.2, 0.25) is 0 Å². The maximum absolute atomic E-state index is 12.1. The predicted molar refractivity (Wildman–Crippen MR) is 145 cm³/mol. The molecule has 2 unspecified atom stereocenters. The largest absolute Gasteiger partial charge is 1.00 e. The van der Waals surface area contributed by atoms with Crippen molar-refractivity contribution < 1.29 is 42.5 Å². The van der Waals surface area contributed by atoms with E-state index in [0.29, 0.717) is 0 Å². The fourth-order valence-electron chi connectivity index (χ4n) is 5.15. The Morgan fingerprint density at radius 3 is 1.71 bits per heavy atom. The van der Waals surface area contributed by atoms with Crippen molar-refractivity contribution >= 4 is 15.7 Å². The predicted octanol–water partition coefficient (Wildman–Crippen LogP) is 5.83. The second-order valence-corrected chi connectivity index (χ2v) is 12.1. The van der Waals surface area contributed by atoms with Crippen molar-refractivity contribution in [3.63, 3.8) is 0 Å². The first kappa shape index (κ1) is 32.6. The Hall–Kier alpha value is -0.390. The molecule has 0 saturated carbocycles. The third-order valence-electron chi connectivity index (χ3n) is 7.68. The SMILES string of the molecule is CCCCCCCCCCCCCCCCC1=C(c2ccccc2)C(C)C(C)(S(=O)(=O)[O-])C=C1.[Na+]. The molecule has 35 heavy (non-hydrogen) atoms. The van der Waals surface area contributed by atoms with E-state index in [-0.39, 0.29) is 35.5 Å². The van der Waals surface area contributed by atoms with E-state index in [4.69, 9.17) is 0 Å². The smallest absolute Gasteiger partial charge is 0.747 e. The monoisotopic (exact) mass is 510 g/mol. The van der Waals surface area contributed by atoms with Crippen molar-refractivity contribution in [2.75, 3.05) is 0 Å². The molecule has 0 N–H and O–H groups in total. The first-order chi connectivity index (χ1) is 16.3. The molecule has 1 aromatic carbocycles. The molecule has 0 radical (unpaired) electrons. The second kappa shape index (κ2) is 17.2. The van der Waals surface area contributed by atoms with Gasteiger partial charge in [0.15, 0.2) is 0 Å². The Kier molecular flexibility index (Phi) is 16.0. The molecule has 0 amide bonds. The van der Waals surface area contributed by atoms with Gasteiger partial charge in [0, 0.05) is 5.92 Å². The third-order valence-corrected chi connectivity index (χ3v) is 9.24. The molecule has 1 aliphatic rings. The van der Waals surface area contributed by atoms with Crippen molar-refractivity contribution in [2.45, 2.75) is 122 Å². The summed E-state index contributed by atoms with van der Waals surface area (Å²) in [5, 5.41) is 0. The van der Waals surface area contributed by atoms with E-state index in [9.17, 15) is 13.0 Å². The molecule has 0 saturated heterocycles. The molecule has 3 nitrogen and oxygen atoms in total. The summed E-state index contributed by atoms with van der Waals surface area (Å²) in [5.41, 5.74) is 3.22. The molecule has 0 spiro atoms. The number of hydrogen-bond acceptors (Lipinski definition) is 3. The Morgan fingerprint density at radius 1 is 0.800 bits per heavy atom. The summed E-state index contributed by atoms with van der Waals surface area (Å²) >= 11 is 0. The van der Waals surface area contributed by atoms with Gasteiger partial charge >= 0.3 is 29.6 Å². The normalized spacial score (nSPS) is 20.2. The van der Waals surface area contributed by atoms with Crippen LogP contribution in [0.15, 0.2) is 48.1 Å². The number of unbranched alkanes of at least 4 members (excludes halogenated alkanes) is 13. The van der Waals surface area contributed by atoms with Crippen molar-refractivity contribution in [1.82, 2.24) is 0 Å². The van der Waals surface area contributed by atoms with Crippen LogP contribution in [-0.2, 0) is 10.1 Å². The van der Waals surface area contributed by atoms with Crippen LogP contribution in [0.5, 0.6) is 0 Å². The summed E-state index contributed by atoms with van der Waals surface area (Å²) in [4.78, 5) is 0. The van der Waals surface area contributed by atoms with E-state index in [2.05, 4.69) is 6.92 Å². The molecule has 1 aliphatic carbocycles. The van der Waals surface area contributed by atoms with Crippen LogP contribution in [0.2, 0.25) is 0 Å². The van der Waals surface area contributed by atoms with E-state index in [1.807, 2.05) is 43.3 Å². The minimum atomic E-state index is -4.46. The molecular formula is C30H47NaO3S. The van der Waals surface area contributed by atoms with E-state index in [0.717, 1.165) is 24.0 Å². The van der Waals surface area contributed by atoms with Gasteiger partial charge in [0.05, 0.1) is 4.75 Å². The van der Waals surface area contributed by atoms with Gasteiger partial charge in [-0.3, -0.25) is 0 Å². The average molecular weight is 511 g/mol. The summed E-state index contributed by atoms with van der Waals surface area (Å²) in [6.07, 6.45) is 23.1. The van der Waals surface area contributed by atoms with Crippen LogP contribution >= 0.6 is 0 Å². The molecule has 192 valence electrons. The number of rotatable bonds is 17. The summed E-state index contributed by atoms with van der Waals surface area (Å²) in [6, 6.07) is 9.95. The molecule has 0 aliphatic heterocycles. The molecule has 0 aromatic heterocycles. The summed E-state index contributed by atoms with van der Waals surface area (Å²) in [5.74, 6) is -0.371. The fraction of sp³-hybridized carbons (Fsp3) is 0.667. The summed E-state index contributed by atoms with van der Waals surface area (Å²) < 4.78 is 34.8. The zero-order valence-electron chi connectivity index (χ0n) is 22.9. The van der Waals surface area contributed by atoms with Gasteiger partial charge in [-0.2, -0.15) is 0 Å². The molecule has 1 aromatic rings. The van der Waals surface area contributed by atoms with Crippen LogP contribution < -0.4 is 29.6 Å². The standard InChI is InChI=1S/C30H48O3S.Na/c1-4-5-6-7-8-9-10-11-12-13-14-15-16-18-23-28-24-25-30(3,34(31,32)33)26(2)29(28)27-21-19-17-20-22-27;/h17,19-22,24-26H,4-16,18,23H2,1-3H3,(H,31,32,33);/q;+1/p-1. The molecule has 5 heteroatoms. The van der Waals surface area contributed by atoms with E-state index in [1.165, 1.54) is 89.0 Å². The van der Waals surface area contributed by atoms with Crippen LogP contribution in [0.3, 0.4) is 0 Å². The van der Waals surface area contributed by atoms with Crippen LogP contribution in [-0.4, -0.2) is 17.7 Å². The van der Waals surface area contributed by atoms with Crippen LogP contribution in [0, 0.1) is 5.92 Å². The average Bonchev–Trinajstić information content (AvgIpc) is 2.81. The van der Waals surface area contributed by atoms with Crippen molar-refractivity contribution in [3.05, 3.63) is 53.6 Å². The zero-order chi connectivity index (χ0) is 24.9. The Labute approximate surface area is 238 Å². The number of benzene rings is 1. The number of hydrogen-bond donors (Lipinski definition) is 0. The van der Waals surface area contributed by atoms with Crippen molar-refractivity contribution in [3.8, 4) is 0 Å². The van der Waals surface area contributed by atoms with Gasteiger partial charge < -0.3 is 4.55 Å². The second-order valence-electron chi connectivity index (χ2n) is 10.3. The maximum Gasteiger partial charge on any atom is 1.00 e. The first-order valence-electron chi connectivity index (χ1n) is 13.7. The Balaban J connectivity index is 0.00000612.